The van der Waals surface area contributed by atoms with Crippen LogP contribution in [0.15, 0.2) is 0 Å². The molecule has 88 valence electrons. The van der Waals surface area contributed by atoms with E-state index in [9.17, 15) is 0 Å². The normalized spacial score (nSPS) is 27.2. The van der Waals surface area contributed by atoms with Crippen LogP contribution < -0.4 is 5.73 Å². The van der Waals surface area contributed by atoms with E-state index in [4.69, 9.17) is 5.73 Å². The summed E-state index contributed by atoms with van der Waals surface area (Å²) in [6.07, 6.45) is 2.79. The van der Waals surface area contributed by atoms with Crippen molar-refractivity contribution in [2.75, 3.05) is 39.3 Å². The highest BCUT2D eigenvalue weighted by Gasteiger charge is 2.41. The monoisotopic (exact) mass is 211 g/mol. The second-order valence-corrected chi connectivity index (χ2v) is 5.65. The van der Waals surface area contributed by atoms with Gasteiger partial charge in [-0.1, -0.05) is 13.8 Å². The van der Waals surface area contributed by atoms with Gasteiger partial charge in [0.2, 0.25) is 0 Å². The summed E-state index contributed by atoms with van der Waals surface area (Å²) in [4.78, 5) is 5.07. The van der Waals surface area contributed by atoms with Gasteiger partial charge in [-0.3, -0.25) is 4.90 Å². The molecule has 0 aromatic rings. The Bertz CT molecular complexity index is 203. The Kier molecular flexibility index (Phi) is 3.33. The van der Waals surface area contributed by atoms with E-state index in [-0.39, 0.29) is 5.54 Å². The molecular weight excluding hydrogens is 186 g/mol. The Labute approximate surface area is 93.6 Å². The molecule has 0 amide bonds. The quantitative estimate of drug-likeness (QED) is 0.745. The van der Waals surface area contributed by atoms with Gasteiger partial charge in [-0.05, 0) is 31.8 Å². The zero-order valence-corrected chi connectivity index (χ0v) is 10.2. The number of hydrogen-bond donors (Lipinski definition) is 1. The third-order valence-corrected chi connectivity index (χ3v) is 4.12. The van der Waals surface area contributed by atoms with Crippen molar-refractivity contribution in [2.45, 2.75) is 32.2 Å². The molecule has 15 heavy (non-hydrogen) atoms. The molecule has 0 aliphatic carbocycles. The summed E-state index contributed by atoms with van der Waals surface area (Å²) in [6.45, 7) is 11.7. The van der Waals surface area contributed by atoms with E-state index in [2.05, 4.69) is 23.6 Å². The molecule has 0 aromatic heterocycles. The molecule has 2 rings (SSSR count). The summed E-state index contributed by atoms with van der Waals surface area (Å²) in [5, 5.41) is 0. The van der Waals surface area contributed by atoms with Crippen LogP contribution in [0.2, 0.25) is 0 Å². The summed E-state index contributed by atoms with van der Waals surface area (Å²) in [6, 6.07) is 0. The van der Waals surface area contributed by atoms with Crippen LogP contribution >= 0.6 is 0 Å². The first-order valence-corrected chi connectivity index (χ1v) is 6.34. The van der Waals surface area contributed by atoms with Gasteiger partial charge < -0.3 is 10.6 Å². The summed E-state index contributed by atoms with van der Waals surface area (Å²) in [5.74, 6) is 0.612. The molecule has 0 aromatic carbocycles. The van der Waals surface area contributed by atoms with E-state index in [1.807, 2.05) is 0 Å². The van der Waals surface area contributed by atoms with Gasteiger partial charge >= 0.3 is 0 Å². The van der Waals surface area contributed by atoms with Crippen LogP contribution in [0.3, 0.4) is 0 Å². The van der Waals surface area contributed by atoms with Gasteiger partial charge in [0.1, 0.15) is 0 Å². The van der Waals surface area contributed by atoms with Crippen molar-refractivity contribution in [2.24, 2.45) is 11.7 Å². The SMILES string of the molecule is CC(C)C1(N)CN(CCN2CCCC2)C1. The van der Waals surface area contributed by atoms with Gasteiger partial charge in [0.05, 0.1) is 0 Å². The lowest BCUT2D eigenvalue weighted by molar-refractivity contribution is 0.0319. The molecular formula is C12H25N3. The Morgan fingerprint density at radius 2 is 1.60 bits per heavy atom. The first-order valence-electron chi connectivity index (χ1n) is 6.34. The van der Waals surface area contributed by atoms with E-state index >= 15 is 0 Å². The van der Waals surface area contributed by atoms with Crippen LogP contribution in [-0.2, 0) is 0 Å². The third kappa shape index (κ3) is 2.52. The second kappa shape index (κ2) is 4.40. The molecule has 0 radical (unpaired) electrons. The molecule has 0 atom stereocenters. The van der Waals surface area contributed by atoms with Crippen molar-refractivity contribution >= 4 is 0 Å². The molecule has 2 N–H and O–H groups in total. The minimum Gasteiger partial charge on any atom is -0.323 e. The molecule has 2 saturated heterocycles. The van der Waals surface area contributed by atoms with Crippen LogP contribution in [0.4, 0.5) is 0 Å². The molecule has 2 aliphatic heterocycles. The van der Waals surface area contributed by atoms with Gasteiger partial charge in [0.25, 0.3) is 0 Å². The average Bonchev–Trinajstić information content (AvgIpc) is 2.62. The molecule has 0 bridgehead atoms. The fourth-order valence-electron chi connectivity index (χ4n) is 2.60. The molecule has 2 fully saturated rings. The van der Waals surface area contributed by atoms with Gasteiger partial charge in [-0.25, -0.2) is 0 Å². The Balaban J connectivity index is 1.63. The number of rotatable bonds is 4. The number of nitrogens with zero attached hydrogens (tertiary/aromatic N) is 2. The standard InChI is InChI=1S/C12H25N3/c1-11(2)12(13)9-15(10-12)8-7-14-5-3-4-6-14/h11H,3-10,13H2,1-2H3. The lowest BCUT2D eigenvalue weighted by Crippen LogP contribution is -2.70. The number of hydrogen-bond acceptors (Lipinski definition) is 3. The van der Waals surface area contributed by atoms with Crippen molar-refractivity contribution < 1.29 is 0 Å². The van der Waals surface area contributed by atoms with Crippen molar-refractivity contribution in [1.29, 1.82) is 0 Å². The third-order valence-electron chi connectivity index (χ3n) is 4.12. The predicted molar refractivity (Wildman–Crippen MR) is 63.9 cm³/mol. The fraction of sp³-hybridized carbons (Fsp3) is 1.00. The van der Waals surface area contributed by atoms with Crippen molar-refractivity contribution in [1.82, 2.24) is 9.80 Å². The maximum atomic E-state index is 6.26. The first kappa shape index (κ1) is 11.4. The van der Waals surface area contributed by atoms with Crippen LogP contribution in [0.25, 0.3) is 0 Å². The molecule has 3 nitrogen and oxygen atoms in total. The van der Waals surface area contributed by atoms with Gasteiger partial charge in [-0.2, -0.15) is 0 Å². The van der Waals surface area contributed by atoms with E-state index in [0.717, 1.165) is 13.1 Å². The molecule has 2 heterocycles. The van der Waals surface area contributed by atoms with Crippen molar-refractivity contribution in [3.63, 3.8) is 0 Å². The highest BCUT2D eigenvalue weighted by molar-refractivity contribution is 5.01. The van der Waals surface area contributed by atoms with E-state index < -0.39 is 0 Å². The molecule has 0 saturated carbocycles. The summed E-state index contributed by atoms with van der Waals surface area (Å²) < 4.78 is 0. The van der Waals surface area contributed by atoms with E-state index in [1.54, 1.807) is 0 Å². The van der Waals surface area contributed by atoms with Gasteiger partial charge in [-0.15, -0.1) is 0 Å². The Hall–Kier alpha value is -0.120. The lowest BCUT2D eigenvalue weighted by atomic mass is 9.80. The van der Waals surface area contributed by atoms with Gasteiger partial charge in [0, 0.05) is 31.7 Å². The Morgan fingerprint density at radius 1 is 1.07 bits per heavy atom. The molecule has 0 unspecified atom stereocenters. The van der Waals surface area contributed by atoms with Gasteiger partial charge in [0.15, 0.2) is 0 Å². The van der Waals surface area contributed by atoms with E-state index in [1.165, 1.54) is 39.0 Å². The fourth-order valence-corrected chi connectivity index (χ4v) is 2.60. The Morgan fingerprint density at radius 3 is 2.13 bits per heavy atom. The highest BCUT2D eigenvalue weighted by atomic mass is 15.3. The summed E-state index contributed by atoms with van der Waals surface area (Å²) >= 11 is 0. The van der Waals surface area contributed by atoms with Crippen molar-refractivity contribution in [3.05, 3.63) is 0 Å². The average molecular weight is 211 g/mol. The largest absolute Gasteiger partial charge is 0.323 e. The predicted octanol–water partition coefficient (Wildman–Crippen LogP) is 0.751. The van der Waals surface area contributed by atoms with E-state index in [0.29, 0.717) is 5.92 Å². The molecule has 3 heteroatoms. The second-order valence-electron chi connectivity index (χ2n) is 5.65. The van der Waals surface area contributed by atoms with Crippen LogP contribution in [0, 0.1) is 5.92 Å². The molecule has 0 spiro atoms. The van der Waals surface area contributed by atoms with Crippen LogP contribution in [-0.4, -0.2) is 54.6 Å². The van der Waals surface area contributed by atoms with Crippen LogP contribution in [0.5, 0.6) is 0 Å². The molecule has 2 aliphatic rings. The highest BCUT2D eigenvalue weighted by Crippen LogP contribution is 2.25. The number of nitrogens with two attached hydrogens (primary N) is 1. The minimum atomic E-state index is 0.102. The maximum Gasteiger partial charge on any atom is 0.0435 e. The minimum absolute atomic E-state index is 0.102. The maximum absolute atomic E-state index is 6.26. The topological polar surface area (TPSA) is 32.5 Å². The summed E-state index contributed by atoms with van der Waals surface area (Å²) in [7, 11) is 0. The first-order chi connectivity index (χ1) is 7.10. The van der Waals surface area contributed by atoms with Crippen LogP contribution in [0.1, 0.15) is 26.7 Å². The smallest absolute Gasteiger partial charge is 0.0435 e. The zero-order valence-electron chi connectivity index (χ0n) is 10.2. The van der Waals surface area contributed by atoms with Crippen molar-refractivity contribution in [3.8, 4) is 0 Å². The number of likely N-dealkylation sites (tertiary alicyclic amines) is 2. The zero-order chi connectivity index (χ0) is 10.9. The lowest BCUT2D eigenvalue weighted by Gasteiger charge is -2.50. The summed E-state index contributed by atoms with van der Waals surface area (Å²) in [5.41, 5.74) is 6.37.